The second kappa shape index (κ2) is 19.1. The number of ether oxygens (including phenoxy) is 2. The number of nitrogens with two attached hydrogens (primary N) is 1. The van der Waals surface area contributed by atoms with Crippen LogP contribution < -0.4 is 21.1 Å². The van der Waals surface area contributed by atoms with Gasteiger partial charge in [-0.25, -0.2) is 23.2 Å². The zero-order valence-corrected chi connectivity index (χ0v) is 34.4. The Balaban J connectivity index is 0.00000345. The van der Waals surface area contributed by atoms with E-state index in [-0.39, 0.29) is 35.5 Å². The van der Waals surface area contributed by atoms with Crippen molar-refractivity contribution in [1.29, 1.82) is 0 Å². The van der Waals surface area contributed by atoms with Gasteiger partial charge in [0.15, 0.2) is 21.3 Å². The largest absolute Gasteiger partial charge is 0.491 e. The molecule has 15 heteroatoms. The van der Waals surface area contributed by atoms with Gasteiger partial charge in [-0.2, -0.15) is 0 Å². The number of aromatic nitrogens is 2. The lowest BCUT2D eigenvalue weighted by atomic mass is 10.00. The highest BCUT2D eigenvalue weighted by molar-refractivity contribution is 14.2. The Labute approximate surface area is 317 Å². The topological polar surface area (TPSA) is 172 Å². The summed E-state index contributed by atoms with van der Waals surface area (Å²) in [5, 5.41) is 5.62. The van der Waals surface area contributed by atoms with E-state index in [1.165, 1.54) is 6.20 Å². The van der Waals surface area contributed by atoms with Crippen LogP contribution in [-0.2, 0) is 25.6 Å². The molecule has 0 aliphatic carbocycles. The molecule has 51 heavy (non-hydrogen) atoms. The third-order valence-corrected chi connectivity index (χ3v) is 11.7. The number of halogens is 1. The first-order valence-corrected chi connectivity index (χ1v) is 22.6. The summed E-state index contributed by atoms with van der Waals surface area (Å²) in [6, 6.07) is 11.6. The number of alkyl carbamates (subject to hydrolysis) is 1. The van der Waals surface area contributed by atoms with E-state index in [1.54, 1.807) is 77.1 Å². The number of benzene rings is 2. The van der Waals surface area contributed by atoms with Crippen molar-refractivity contribution in [2.24, 2.45) is 0 Å². The molecule has 0 fully saturated rings. The van der Waals surface area contributed by atoms with E-state index < -0.39 is 32.2 Å². The normalized spacial score (nSPS) is 18.1. The molecule has 2 aliphatic rings. The number of sulfone groups is 1. The highest BCUT2D eigenvalue weighted by Gasteiger charge is 2.38. The van der Waals surface area contributed by atoms with Gasteiger partial charge in [0.1, 0.15) is 11.4 Å². The van der Waals surface area contributed by atoms with Crippen molar-refractivity contribution < 1.29 is 32.0 Å². The monoisotopic (exact) mass is 855 g/mol. The first kappa shape index (κ1) is 42.3. The number of rotatable bonds is 4. The van der Waals surface area contributed by atoms with Gasteiger partial charge in [0.05, 0.1) is 46.4 Å². The number of amides is 2. The predicted molar refractivity (Wildman–Crippen MR) is 212 cm³/mol. The Morgan fingerprint density at radius 3 is 2.47 bits per heavy atom. The molecule has 0 radical (unpaired) electrons. The smallest absolute Gasteiger partial charge is 0.407 e. The minimum Gasteiger partial charge on any atom is -0.491 e. The summed E-state index contributed by atoms with van der Waals surface area (Å²) < 4.78 is 44.2. The molecule has 0 saturated carbocycles. The van der Waals surface area contributed by atoms with Crippen LogP contribution in [0.1, 0.15) is 103 Å². The second-order valence-electron chi connectivity index (χ2n) is 13.5. The molecule has 4 bridgehead atoms. The predicted octanol–water partition coefficient (Wildman–Crippen LogP) is 8.64. The first-order valence-electron chi connectivity index (χ1n) is 17.1. The average molecular weight is 856 g/mol. The van der Waals surface area contributed by atoms with Gasteiger partial charge in [-0.1, -0.05) is 57.4 Å². The Morgan fingerprint density at radius 2 is 1.80 bits per heavy atom. The van der Waals surface area contributed by atoms with Crippen LogP contribution in [0, 0.1) is 0 Å². The maximum absolute atomic E-state index is 13.8. The lowest BCUT2D eigenvalue weighted by Crippen LogP contribution is -2.36. The fourth-order valence-corrected chi connectivity index (χ4v) is 8.35. The van der Waals surface area contributed by atoms with Crippen LogP contribution in [0.2, 0.25) is 0 Å². The summed E-state index contributed by atoms with van der Waals surface area (Å²) in [7, 11) is -3.71. The van der Waals surface area contributed by atoms with Crippen LogP contribution in [0.4, 0.5) is 16.3 Å². The molecule has 4 N–H and O–H groups in total. The van der Waals surface area contributed by atoms with Crippen LogP contribution in [0.3, 0.4) is 0 Å². The molecule has 3 aromatic rings. The molecule has 2 aromatic carbocycles. The van der Waals surface area contributed by atoms with E-state index in [4.69, 9.17) is 19.7 Å². The van der Waals surface area contributed by atoms with Gasteiger partial charge in [0, 0.05) is 17.7 Å². The van der Waals surface area contributed by atoms with Crippen LogP contribution >= 0.6 is 28.5 Å². The number of anilines is 2. The van der Waals surface area contributed by atoms with Crippen molar-refractivity contribution in [1.82, 2.24) is 15.3 Å². The van der Waals surface area contributed by atoms with Crippen LogP contribution in [-0.4, -0.2) is 53.4 Å². The van der Waals surface area contributed by atoms with Crippen LogP contribution in [0.15, 0.2) is 53.6 Å². The molecule has 2 unspecified atom stereocenters. The zero-order valence-electron chi connectivity index (χ0n) is 30.5. The van der Waals surface area contributed by atoms with Crippen molar-refractivity contribution >= 4 is 61.8 Å². The number of para-hydroxylation sites is 1. The molecule has 3 heterocycles. The molecule has 2 aliphatic heterocycles. The van der Waals surface area contributed by atoms with Gasteiger partial charge in [0.2, 0.25) is 0 Å². The standard InChI is InChI=1S/C34H45IN5O7PS.C2H6/c1-33(2,3)46-32(42)38-20-23-11-10-13-26-29(23)45-18-9-7-6-8-12-24(47-48-35)19-34(4,5)49(43,44)25-16-14-22(15-17-25)27-21-37-30(36)28(39-27)31(41)40-26;1-2/h10-11,13-17,21,24,48H,6-9,12,18-20H2,1-5H3,(H2,36,37)(H,38,42)(H,40,41);1-2H3. The Bertz CT molecular complexity index is 1730. The molecule has 5 rings (SSSR count). The van der Waals surface area contributed by atoms with Crippen LogP contribution in [0.25, 0.3) is 11.3 Å². The van der Waals surface area contributed by atoms with Crippen molar-refractivity contribution in [2.45, 2.75) is 115 Å². The first-order chi connectivity index (χ1) is 24.1. The summed E-state index contributed by atoms with van der Waals surface area (Å²) >= 11 is 2.18. The quantitative estimate of drug-likeness (QED) is 0.170. The van der Waals surface area contributed by atoms with E-state index in [0.717, 1.165) is 32.1 Å². The van der Waals surface area contributed by atoms with Gasteiger partial charge in [0.25, 0.3) is 5.91 Å². The maximum atomic E-state index is 13.8. The molecule has 1 aromatic heterocycles. The minimum atomic E-state index is -3.71. The fraction of sp³-hybridized carbons (Fsp3) is 0.500. The van der Waals surface area contributed by atoms with E-state index in [0.29, 0.717) is 41.3 Å². The Kier molecular flexibility index (Phi) is 15.9. The molecule has 0 saturated heterocycles. The zero-order chi connectivity index (χ0) is 37.8. The fourth-order valence-electron chi connectivity index (χ4n) is 5.41. The summed E-state index contributed by atoms with van der Waals surface area (Å²) in [5.74, 6) is -0.279. The minimum absolute atomic E-state index is 0.0780. The number of fused-ring (bicyclic) bond motifs is 13. The molecular weight excluding hydrogens is 804 g/mol. The van der Waals surface area contributed by atoms with Gasteiger partial charge in [-0.3, -0.25) is 4.79 Å². The van der Waals surface area contributed by atoms with Gasteiger partial charge < -0.3 is 30.4 Å². The summed E-state index contributed by atoms with van der Waals surface area (Å²) in [6.07, 6.45) is 5.12. The Morgan fingerprint density at radius 1 is 1.12 bits per heavy atom. The number of nitrogens with one attached hydrogen (secondary N) is 2. The number of carbonyl (C=O) groups is 2. The average Bonchev–Trinajstić information content (AvgIpc) is 3.07. The number of hydrogen-bond acceptors (Lipinski definition) is 10. The third-order valence-electron chi connectivity index (χ3n) is 7.97. The van der Waals surface area contributed by atoms with Crippen LogP contribution in [0.5, 0.6) is 5.75 Å². The van der Waals surface area contributed by atoms with E-state index in [1.807, 2.05) is 13.8 Å². The van der Waals surface area contributed by atoms with Crippen molar-refractivity contribution in [3.05, 3.63) is 59.9 Å². The molecular formula is C36H51IN5O7PS. The SMILES string of the molecule is CC.CC(C)(C)OC(=O)NCc1cccc2c1OCCCCCCC(OPI)CC(C)(C)S(=O)(=O)c1ccc(cc1)-c1cnc(N)c(n1)C(=O)N2. The van der Waals surface area contributed by atoms with E-state index >= 15 is 0 Å². The van der Waals surface area contributed by atoms with Crippen molar-refractivity contribution in [3.63, 3.8) is 0 Å². The number of carbonyl (C=O) groups excluding carboxylic acids is 2. The summed E-state index contributed by atoms with van der Waals surface area (Å²) in [5.41, 5.74) is 7.26. The highest BCUT2D eigenvalue weighted by Crippen LogP contribution is 2.36. The van der Waals surface area contributed by atoms with Crippen molar-refractivity contribution in [2.75, 3.05) is 17.7 Å². The summed E-state index contributed by atoms with van der Waals surface area (Å²) in [6.45, 7) is 13.5. The highest BCUT2D eigenvalue weighted by atomic mass is 127. The number of hydrogen-bond donors (Lipinski definition) is 3. The number of nitrogens with zero attached hydrogens (tertiary/aromatic N) is 2. The van der Waals surface area contributed by atoms with Gasteiger partial charge >= 0.3 is 6.09 Å². The number of nitrogen functional groups attached to an aromatic ring is 1. The maximum Gasteiger partial charge on any atom is 0.407 e. The van der Waals surface area contributed by atoms with Crippen molar-refractivity contribution in [3.8, 4) is 17.0 Å². The van der Waals surface area contributed by atoms with E-state index in [2.05, 4.69) is 42.6 Å². The lowest BCUT2D eigenvalue weighted by molar-refractivity contribution is 0.0523. The van der Waals surface area contributed by atoms with Gasteiger partial charge in [-0.15, -0.1) is 0 Å². The molecule has 280 valence electrons. The second-order valence-corrected chi connectivity index (χ2v) is 17.7. The molecule has 2 amide bonds. The van der Waals surface area contributed by atoms with E-state index in [9.17, 15) is 18.0 Å². The summed E-state index contributed by atoms with van der Waals surface area (Å²) in [4.78, 5) is 34.9. The lowest BCUT2D eigenvalue weighted by Gasteiger charge is -2.29. The third kappa shape index (κ3) is 12.0. The van der Waals surface area contributed by atoms with Gasteiger partial charge in [-0.05, 0) is 94.1 Å². The molecule has 2 atom stereocenters. The Hall–Kier alpha value is -3.07. The molecule has 12 nitrogen and oxygen atoms in total. The molecule has 0 spiro atoms.